The number of ether oxygens (including phenoxy) is 8. The summed E-state index contributed by atoms with van der Waals surface area (Å²) in [6, 6.07) is 0. The number of carboxylic acids is 1. The maximum atomic E-state index is 13.2. The highest BCUT2D eigenvalue weighted by Crippen LogP contribution is 2.76. The zero-order valence-electron chi connectivity index (χ0n) is 43.1. The Morgan fingerprint density at radius 2 is 1.12 bits per heavy atom. The van der Waals surface area contributed by atoms with Crippen LogP contribution in [0.3, 0.4) is 0 Å². The molecule has 4 aliphatic heterocycles. The topological polar surface area (TPSA) is 313 Å². The third-order valence-electron chi connectivity index (χ3n) is 20.8. The van der Waals surface area contributed by atoms with Crippen molar-refractivity contribution < 1.29 is 98.9 Å². The van der Waals surface area contributed by atoms with Gasteiger partial charge in [0.25, 0.3) is 0 Å². The predicted octanol–water partition coefficient (Wildman–Crippen LogP) is 0.836. The van der Waals surface area contributed by atoms with E-state index in [1.807, 2.05) is 0 Å². The van der Waals surface area contributed by atoms with Gasteiger partial charge >= 0.3 is 5.97 Å². The van der Waals surface area contributed by atoms with Crippen molar-refractivity contribution in [3.8, 4) is 0 Å². The number of hydrogen-bond acceptors (Lipinski definition) is 19. The van der Waals surface area contributed by atoms with Gasteiger partial charge in [0.2, 0.25) is 0 Å². The van der Waals surface area contributed by atoms with Crippen LogP contribution in [-0.4, -0.2) is 199 Å². The molecule has 0 unspecified atom stereocenters. The molecule has 5 aliphatic carbocycles. The first-order valence-corrected chi connectivity index (χ1v) is 26.5. The van der Waals surface area contributed by atoms with Crippen LogP contribution in [0.2, 0.25) is 0 Å². The van der Waals surface area contributed by atoms with Crippen molar-refractivity contribution in [1.29, 1.82) is 0 Å². The van der Waals surface area contributed by atoms with E-state index in [0.29, 0.717) is 25.2 Å². The Kier molecular flexibility index (Phi) is 15.2. The summed E-state index contributed by atoms with van der Waals surface area (Å²) in [6.45, 7) is 15.6. The third kappa shape index (κ3) is 8.69. The molecular weight excluding hydrogens is 945 g/mol. The summed E-state index contributed by atoms with van der Waals surface area (Å²) in [7, 11) is 0. The normalized spacial score (nSPS) is 53.9. The van der Waals surface area contributed by atoms with E-state index in [-0.39, 0.29) is 33.5 Å². The monoisotopic (exact) mass is 1030 g/mol. The average Bonchev–Trinajstić information content (AvgIpc) is 3.76. The highest BCUT2D eigenvalue weighted by molar-refractivity contribution is 5.76. The van der Waals surface area contributed by atoms with Crippen molar-refractivity contribution in [3.05, 3.63) is 11.6 Å². The number of aliphatic hydroxyl groups excluding tert-OH is 10. The van der Waals surface area contributed by atoms with Crippen LogP contribution in [0, 0.1) is 50.2 Å². The van der Waals surface area contributed by atoms with Gasteiger partial charge in [-0.2, -0.15) is 0 Å². The van der Waals surface area contributed by atoms with Crippen LogP contribution >= 0.6 is 0 Å². The van der Waals surface area contributed by atoms with Gasteiger partial charge in [-0.1, -0.05) is 60.1 Å². The van der Waals surface area contributed by atoms with Crippen molar-refractivity contribution in [3.63, 3.8) is 0 Å². The first-order valence-electron chi connectivity index (χ1n) is 26.5. The zero-order chi connectivity index (χ0) is 52.4. The van der Waals surface area contributed by atoms with E-state index in [0.717, 1.165) is 44.9 Å². The van der Waals surface area contributed by atoms with E-state index in [4.69, 9.17) is 37.9 Å². The summed E-state index contributed by atoms with van der Waals surface area (Å²) in [5, 5.41) is 119. The van der Waals surface area contributed by atoms with E-state index in [1.54, 1.807) is 0 Å². The maximum absolute atomic E-state index is 13.2. The Morgan fingerprint density at radius 1 is 0.583 bits per heavy atom. The molecule has 412 valence electrons. The highest BCUT2D eigenvalue weighted by atomic mass is 16.8. The fraction of sp³-hybridized carbons (Fsp3) is 0.942. The molecule has 20 heteroatoms. The summed E-state index contributed by atoms with van der Waals surface area (Å²) < 4.78 is 49.1. The lowest BCUT2D eigenvalue weighted by Crippen LogP contribution is -2.67. The molecule has 0 aromatic carbocycles. The number of aliphatic carboxylic acids is 1. The minimum Gasteiger partial charge on any atom is -0.481 e. The van der Waals surface area contributed by atoms with Crippen LogP contribution in [0.1, 0.15) is 120 Å². The Labute approximate surface area is 421 Å². The number of fused-ring (bicyclic) bond motifs is 7. The van der Waals surface area contributed by atoms with Crippen LogP contribution in [0.25, 0.3) is 0 Å². The molecule has 4 saturated heterocycles. The molecule has 0 bridgehead atoms. The van der Waals surface area contributed by atoms with Gasteiger partial charge in [0, 0.05) is 0 Å². The van der Waals surface area contributed by atoms with Crippen LogP contribution in [-0.2, 0) is 42.7 Å². The zero-order valence-corrected chi connectivity index (χ0v) is 43.1. The van der Waals surface area contributed by atoms with E-state index in [9.17, 15) is 61.0 Å². The SMILES string of the molecule is C[C@H]1O[C@@H](O[C@H]2[C@H](O)[C@@H](O[C@H]3O[C@H](CO)[C@@H](O)[C@@H]3O)[C@@H](O[C@@H]3CC[C@@]4(C)[C@H](CC[C@@]5(C)[C@H]4CC=C4[C@@H]6CC(C)(C)CC[C@]6(C(=O)O)CC[C@@]45C)C3(C)C)O[C@@H]2CO)[C@H](O[C@H]2O[C@H](CO)[C@H](O)[C@H]2O)[C@@H](O)[C@@H]1O. The van der Waals surface area contributed by atoms with Gasteiger partial charge in [-0.05, 0) is 116 Å². The Morgan fingerprint density at radius 3 is 1.69 bits per heavy atom. The van der Waals surface area contributed by atoms with Gasteiger partial charge in [0.1, 0.15) is 79.4 Å². The molecule has 72 heavy (non-hydrogen) atoms. The fourth-order valence-electron chi connectivity index (χ4n) is 16.1. The standard InChI is InChI=1S/C52H84O20/c1-23-32(56)35(59)40(71-42-36(60)33(57)26(20-53)66-42)44(65-23)70-39-28(22-55)68-45(41(38(39)62)72-43-37(61)34(58)27(21-54)67-43)69-31-12-13-49(6)29(48(31,4)5)11-14-51(8)30(49)10-9-24-25-19-47(2,3)15-17-52(25,46(63)64)18-16-50(24,51)7/h9,23,25-45,53-62H,10-22H2,1-8H3,(H,63,64)/t23-,25+,26-,27-,28-,29-,30+,31-,32-,33+,34-,35+,36-,37+,38+,39-,40-,41-,42-,43-,44+,45-,49+,50+,51+,52+/m1/s1. The second kappa shape index (κ2) is 19.7. The minimum absolute atomic E-state index is 0.00674. The predicted molar refractivity (Wildman–Crippen MR) is 250 cm³/mol. The first-order chi connectivity index (χ1) is 33.7. The lowest BCUT2D eigenvalue weighted by Gasteiger charge is -2.71. The molecule has 0 aromatic heterocycles. The molecule has 4 saturated carbocycles. The van der Waals surface area contributed by atoms with Crippen LogP contribution in [0.15, 0.2) is 11.6 Å². The number of aliphatic hydroxyl groups is 10. The van der Waals surface area contributed by atoms with E-state index < -0.39 is 153 Å². The summed E-state index contributed by atoms with van der Waals surface area (Å²) in [5.74, 6) is -0.227. The summed E-state index contributed by atoms with van der Waals surface area (Å²) in [5.41, 5.74) is -0.260. The number of rotatable bonds is 12. The van der Waals surface area contributed by atoms with E-state index in [1.165, 1.54) is 12.5 Å². The second-order valence-electron chi connectivity index (χ2n) is 25.3. The highest BCUT2D eigenvalue weighted by Gasteiger charge is 2.70. The molecule has 4 heterocycles. The van der Waals surface area contributed by atoms with Gasteiger partial charge < -0.3 is 94.1 Å². The van der Waals surface area contributed by atoms with Gasteiger partial charge in [-0.15, -0.1) is 0 Å². The van der Waals surface area contributed by atoms with E-state index in [2.05, 4.69) is 54.5 Å². The molecule has 26 atom stereocenters. The summed E-state index contributed by atoms with van der Waals surface area (Å²) in [6.07, 6.45) is -17.7. The largest absolute Gasteiger partial charge is 0.481 e. The Bertz CT molecular complexity index is 1990. The third-order valence-corrected chi connectivity index (χ3v) is 20.8. The molecule has 20 nitrogen and oxygen atoms in total. The van der Waals surface area contributed by atoms with Crippen molar-refractivity contribution in [2.45, 2.75) is 236 Å². The Balaban J connectivity index is 0.979. The minimum atomic E-state index is -1.79. The number of allylic oxidation sites excluding steroid dienone is 2. The van der Waals surface area contributed by atoms with E-state index >= 15 is 0 Å². The Hall–Kier alpha value is -1.51. The van der Waals surface area contributed by atoms with Gasteiger partial charge in [-0.25, -0.2) is 0 Å². The fourth-order valence-corrected chi connectivity index (χ4v) is 16.1. The molecule has 0 spiro atoms. The lowest BCUT2D eigenvalue weighted by atomic mass is 9.33. The molecule has 11 N–H and O–H groups in total. The van der Waals surface area contributed by atoms with Crippen molar-refractivity contribution in [1.82, 2.24) is 0 Å². The summed E-state index contributed by atoms with van der Waals surface area (Å²) in [4.78, 5) is 13.2. The van der Waals surface area contributed by atoms with Crippen LogP contribution in [0.5, 0.6) is 0 Å². The van der Waals surface area contributed by atoms with Crippen molar-refractivity contribution in [2.75, 3.05) is 19.8 Å². The maximum Gasteiger partial charge on any atom is 0.310 e. The molecule has 0 radical (unpaired) electrons. The molecule has 9 aliphatic rings. The molecule has 0 aromatic rings. The molecular formula is C52H84O20. The quantitative estimate of drug-likeness (QED) is 0.0953. The first kappa shape index (κ1) is 55.3. The number of carboxylic acid groups (broad SMARTS) is 1. The molecule has 9 rings (SSSR count). The van der Waals surface area contributed by atoms with Gasteiger partial charge in [0.05, 0.1) is 37.4 Å². The van der Waals surface area contributed by atoms with Crippen LogP contribution < -0.4 is 0 Å². The molecule has 0 amide bonds. The summed E-state index contributed by atoms with van der Waals surface area (Å²) >= 11 is 0. The average molecular weight is 1030 g/mol. The number of carbonyl (C=O) groups is 1. The molecule has 8 fully saturated rings. The van der Waals surface area contributed by atoms with Gasteiger partial charge in [0.15, 0.2) is 25.2 Å². The second-order valence-corrected chi connectivity index (χ2v) is 25.3. The number of hydrogen-bond donors (Lipinski definition) is 11. The van der Waals surface area contributed by atoms with Crippen molar-refractivity contribution >= 4 is 5.97 Å². The van der Waals surface area contributed by atoms with Crippen molar-refractivity contribution in [2.24, 2.45) is 50.2 Å². The lowest BCUT2D eigenvalue weighted by molar-refractivity contribution is -0.389. The van der Waals surface area contributed by atoms with Gasteiger partial charge in [-0.3, -0.25) is 4.79 Å². The van der Waals surface area contributed by atoms with Crippen LogP contribution in [0.4, 0.5) is 0 Å². The smallest absolute Gasteiger partial charge is 0.310 e.